The Morgan fingerprint density at radius 3 is 2.51 bits per heavy atom. The summed E-state index contributed by atoms with van der Waals surface area (Å²) in [5.41, 5.74) is 1.47. The van der Waals surface area contributed by atoms with E-state index in [1.165, 1.54) is 56.6 Å². The SMILES string of the molecule is COC(=O)CCc1nnc(C[C@H]2S[C@H](c3cccc(OC)c3OC)c3cc(Cl)ccc3-n3c2nnc3C(F)(F)F)s1. The number of ether oxygens (including phenoxy) is 3. The maximum absolute atomic E-state index is 14.2. The Morgan fingerprint density at radius 1 is 1.02 bits per heavy atom. The minimum absolute atomic E-state index is 0.113. The molecule has 41 heavy (non-hydrogen) atoms. The number of nitrogens with zero attached hydrogens (tertiary/aromatic N) is 5. The standard InChI is InChI=1S/C26H23ClF3N5O4S2/c1-37-17-6-4-5-14(22(17)39-3)23-15-11-13(27)7-8-16(15)35-24(33-34-25(35)26(28,29)30)18(40-23)12-20-32-31-19(41-20)9-10-21(36)38-2/h4-8,11,18,23H,9-10,12H2,1-3H3/t18-,23-/m1/s1. The zero-order chi connectivity index (χ0) is 29.3. The van der Waals surface area contributed by atoms with Crippen molar-refractivity contribution in [3.63, 3.8) is 0 Å². The molecule has 4 aromatic rings. The van der Waals surface area contributed by atoms with Crippen molar-refractivity contribution in [3.05, 3.63) is 74.2 Å². The van der Waals surface area contributed by atoms with E-state index in [-0.39, 0.29) is 30.3 Å². The molecule has 2 aromatic heterocycles. The molecule has 5 rings (SSSR count). The van der Waals surface area contributed by atoms with E-state index >= 15 is 0 Å². The van der Waals surface area contributed by atoms with E-state index < -0.39 is 22.5 Å². The number of hydrogen-bond donors (Lipinski definition) is 0. The van der Waals surface area contributed by atoms with Crippen molar-refractivity contribution in [2.45, 2.75) is 35.9 Å². The lowest BCUT2D eigenvalue weighted by Gasteiger charge is -2.23. The number of carbonyl (C=O) groups is 1. The molecule has 0 N–H and O–H groups in total. The van der Waals surface area contributed by atoms with Gasteiger partial charge in [-0.3, -0.25) is 9.36 Å². The molecule has 2 atom stereocenters. The zero-order valence-electron chi connectivity index (χ0n) is 21.9. The molecule has 0 saturated heterocycles. The van der Waals surface area contributed by atoms with Crippen molar-refractivity contribution in [2.75, 3.05) is 21.3 Å². The molecule has 0 unspecified atom stereocenters. The number of para-hydroxylation sites is 1. The Kier molecular flexibility index (Phi) is 8.43. The zero-order valence-corrected chi connectivity index (χ0v) is 24.3. The lowest BCUT2D eigenvalue weighted by Crippen LogP contribution is -2.16. The van der Waals surface area contributed by atoms with Crippen molar-refractivity contribution in [1.29, 1.82) is 0 Å². The molecule has 15 heteroatoms. The number of fused-ring (bicyclic) bond motifs is 3. The van der Waals surface area contributed by atoms with Crippen LogP contribution in [0.3, 0.4) is 0 Å². The summed E-state index contributed by atoms with van der Waals surface area (Å²) in [6.45, 7) is 0. The molecular formula is C26H23ClF3N5O4S2. The second-order valence-electron chi connectivity index (χ2n) is 8.88. The minimum Gasteiger partial charge on any atom is -0.493 e. The summed E-state index contributed by atoms with van der Waals surface area (Å²) in [5, 5.41) is 16.4. The highest BCUT2D eigenvalue weighted by atomic mass is 35.5. The summed E-state index contributed by atoms with van der Waals surface area (Å²) in [6, 6.07) is 10.1. The van der Waals surface area contributed by atoms with E-state index in [0.717, 1.165) is 4.57 Å². The molecule has 0 bridgehead atoms. The van der Waals surface area contributed by atoms with Gasteiger partial charge in [-0.2, -0.15) is 13.2 Å². The fourth-order valence-electron chi connectivity index (χ4n) is 4.60. The van der Waals surface area contributed by atoms with E-state index in [1.54, 1.807) is 18.2 Å². The normalized spacial score (nSPS) is 16.5. The molecule has 0 aliphatic carbocycles. The first-order valence-electron chi connectivity index (χ1n) is 12.2. The Hall–Kier alpha value is -3.36. The highest BCUT2D eigenvalue weighted by molar-refractivity contribution is 8.00. The molecule has 2 aromatic carbocycles. The first-order valence-corrected chi connectivity index (χ1v) is 14.3. The van der Waals surface area contributed by atoms with Gasteiger partial charge in [-0.25, -0.2) is 0 Å². The molecule has 1 aliphatic rings. The predicted octanol–water partition coefficient (Wildman–Crippen LogP) is 6.03. The number of aryl methyl sites for hydroxylation is 1. The van der Waals surface area contributed by atoms with Crippen LogP contribution in [0.4, 0.5) is 13.2 Å². The molecular weight excluding hydrogens is 603 g/mol. The number of esters is 1. The van der Waals surface area contributed by atoms with E-state index in [4.69, 9.17) is 21.1 Å². The van der Waals surface area contributed by atoms with Crippen LogP contribution < -0.4 is 9.47 Å². The molecule has 0 amide bonds. The van der Waals surface area contributed by atoms with Crippen molar-refractivity contribution in [1.82, 2.24) is 25.0 Å². The molecule has 9 nitrogen and oxygen atoms in total. The number of thioether (sulfide) groups is 1. The first kappa shape index (κ1) is 29.1. The van der Waals surface area contributed by atoms with Crippen LogP contribution in [-0.2, 0) is 28.5 Å². The molecule has 216 valence electrons. The van der Waals surface area contributed by atoms with Crippen LogP contribution in [-0.4, -0.2) is 52.3 Å². The van der Waals surface area contributed by atoms with E-state index in [2.05, 4.69) is 25.1 Å². The number of rotatable bonds is 8. The van der Waals surface area contributed by atoms with Gasteiger partial charge in [0.15, 0.2) is 17.3 Å². The summed E-state index contributed by atoms with van der Waals surface area (Å²) in [5.74, 6) is -0.477. The Bertz CT molecular complexity index is 1580. The van der Waals surface area contributed by atoms with E-state index in [9.17, 15) is 18.0 Å². The average molecular weight is 626 g/mol. The monoisotopic (exact) mass is 625 g/mol. The molecule has 1 aliphatic heterocycles. The van der Waals surface area contributed by atoms with Crippen LogP contribution in [0.5, 0.6) is 11.5 Å². The highest BCUT2D eigenvalue weighted by Gasteiger charge is 2.43. The van der Waals surface area contributed by atoms with Gasteiger partial charge in [-0.05, 0) is 29.8 Å². The molecule has 0 fully saturated rings. The smallest absolute Gasteiger partial charge is 0.452 e. The largest absolute Gasteiger partial charge is 0.493 e. The van der Waals surface area contributed by atoms with Crippen LogP contribution in [0.2, 0.25) is 5.02 Å². The van der Waals surface area contributed by atoms with Gasteiger partial charge in [0.05, 0.1) is 43.9 Å². The predicted molar refractivity (Wildman–Crippen MR) is 147 cm³/mol. The van der Waals surface area contributed by atoms with Crippen LogP contribution in [0.25, 0.3) is 5.69 Å². The second-order valence-corrected chi connectivity index (χ2v) is 11.8. The summed E-state index contributed by atoms with van der Waals surface area (Å²) in [7, 11) is 4.33. The topological polar surface area (TPSA) is 101 Å². The third-order valence-corrected chi connectivity index (χ3v) is 9.12. The number of hydrogen-bond acceptors (Lipinski definition) is 10. The summed E-state index contributed by atoms with van der Waals surface area (Å²) < 4.78 is 59.7. The van der Waals surface area contributed by atoms with Gasteiger partial charge in [0, 0.05) is 23.4 Å². The highest BCUT2D eigenvalue weighted by Crippen LogP contribution is 2.54. The Balaban J connectivity index is 1.65. The van der Waals surface area contributed by atoms with Crippen LogP contribution in [0.15, 0.2) is 36.4 Å². The molecule has 0 saturated carbocycles. The van der Waals surface area contributed by atoms with Gasteiger partial charge < -0.3 is 14.2 Å². The second kappa shape index (κ2) is 11.9. The van der Waals surface area contributed by atoms with Crippen LogP contribution in [0, 0.1) is 0 Å². The first-order chi connectivity index (χ1) is 19.6. The summed E-state index contributed by atoms with van der Waals surface area (Å²) in [4.78, 5) is 11.6. The number of alkyl halides is 3. The molecule has 0 spiro atoms. The average Bonchev–Trinajstić information content (AvgIpc) is 3.58. The Labute approximate surface area is 246 Å². The molecule has 0 radical (unpaired) electrons. The number of carbonyl (C=O) groups excluding carboxylic acids is 1. The van der Waals surface area contributed by atoms with Gasteiger partial charge in [0.1, 0.15) is 10.0 Å². The van der Waals surface area contributed by atoms with Crippen LogP contribution in [0.1, 0.15) is 49.7 Å². The maximum atomic E-state index is 14.2. The quantitative estimate of drug-likeness (QED) is 0.217. The van der Waals surface area contributed by atoms with Crippen molar-refractivity contribution < 1.29 is 32.2 Å². The molecule has 3 heterocycles. The van der Waals surface area contributed by atoms with Gasteiger partial charge in [-0.15, -0.1) is 43.5 Å². The minimum atomic E-state index is -4.77. The van der Waals surface area contributed by atoms with E-state index in [0.29, 0.717) is 44.1 Å². The van der Waals surface area contributed by atoms with Crippen LogP contribution >= 0.6 is 34.7 Å². The lowest BCUT2D eigenvalue weighted by molar-refractivity contribution is -0.146. The van der Waals surface area contributed by atoms with E-state index in [1.807, 2.05) is 6.07 Å². The fraction of sp³-hybridized carbons (Fsp3) is 0.346. The third-order valence-electron chi connectivity index (χ3n) is 6.40. The summed E-state index contributed by atoms with van der Waals surface area (Å²) in [6.07, 6.45) is -4.08. The fourth-order valence-corrected chi connectivity index (χ4v) is 7.30. The third kappa shape index (κ3) is 5.86. The van der Waals surface area contributed by atoms with Crippen molar-refractivity contribution in [2.24, 2.45) is 0 Å². The lowest BCUT2D eigenvalue weighted by atomic mass is 10.0. The van der Waals surface area contributed by atoms with Gasteiger partial charge in [0.2, 0.25) is 5.82 Å². The van der Waals surface area contributed by atoms with Gasteiger partial charge >= 0.3 is 12.1 Å². The number of methoxy groups -OCH3 is 3. The van der Waals surface area contributed by atoms with Gasteiger partial charge in [0.25, 0.3) is 0 Å². The van der Waals surface area contributed by atoms with Crippen molar-refractivity contribution in [3.8, 4) is 17.2 Å². The maximum Gasteiger partial charge on any atom is 0.452 e. The summed E-state index contributed by atoms with van der Waals surface area (Å²) >= 11 is 9.06. The number of aromatic nitrogens is 5. The number of halogens is 4. The van der Waals surface area contributed by atoms with Crippen molar-refractivity contribution >= 4 is 40.7 Å². The van der Waals surface area contributed by atoms with Gasteiger partial charge in [-0.1, -0.05) is 23.7 Å². The Morgan fingerprint density at radius 2 is 1.80 bits per heavy atom. The number of benzene rings is 2.